The van der Waals surface area contributed by atoms with Gasteiger partial charge in [-0.05, 0) is 24.6 Å². The van der Waals surface area contributed by atoms with Crippen LogP contribution >= 0.6 is 0 Å². The third-order valence-electron chi connectivity index (χ3n) is 3.96. The molecule has 2 fully saturated rings. The molecule has 18 heavy (non-hydrogen) atoms. The van der Waals surface area contributed by atoms with Gasteiger partial charge in [-0.1, -0.05) is 6.07 Å². The maximum Gasteiger partial charge on any atom is 0.128 e. The molecule has 0 radical (unpaired) electrons. The fraction of sp³-hybridized carbons (Fsp3) is 0.571. The van der Waals surface area contributed by atoms with E-state index in [1.807, 2.05) is 12.1 Å². The second-order valence-corrected chi connectivity index (χ2v) is 5.14. The first-order valence-electron chi connectivity index (χ1n) is 6.57. The number of anilines is 1. The van der Waals surface area contributed by atoms with Crippen molar-refractivity contribution < 1.29 is 9.13 Å². The van der Waals surface area contributed by atoms with Crippen molar-refractivity contribution in [3.63, 3.8) is 0 Å². The highest BCUT2D eigenvalue weighted by Crippen LogP contribution is 2.22. The number of piperazine rings is 1. The molecule has 0 saturated carbocycles. The van der Waals surface area contributed by atoms with Crippen LogP contribution in [0.4, 0.5) is 10.1 Å². The SMILES string of the molecule is Cc1ccc(N2CCN3CCOCC3C2)cc1F. The van der Waals surface area contributed by atoms with E-state index in [9.17, 15) is 4.39 Å². The highest BCUT2D eigenvalue weighted by Gasteiger charge is 2.29. The van der Waals surface area contributed by atoms with Gasteiger partial charge in [-0.25, -0.2) is 4.39 Å². The quantitative estimate of drug-likeness (QED) is 0.754. The van der Waals surface area contributed by atoms with Crippen molar-refractivity contribution in [1.82, 2.24) is 4.90 Å². The van der Waals surface area contributed by atoms with Gasteiger partial charge in [-0.2, -0.15) is 0 Å². The second-order valence-electron chi connectivity index (χ2n) is 5.14. The van der Waals surface area contributed by atoms with Crippen molar-refractivity contribution in [1.29, 1.82) is 0 Å². The van der Waals surface area contributed by atoms with E-state index in [1.165, 1.54) is 0 Å². The first-order valence-corrected chi connectivity index (χ1v) is 6.57. The highest BCUT2D eigenvalue weighted by atomic mass is 19.1. The molecule has 0 bridgehead atoms. The Balaban J connectivity index is 1.75. The third kappa shape index (κ3) is 2.22. The molecule has 0 N–H and O–H groups in total. The molecule has 2 heterocycles. The lowest BCUT2D eigenvalue weighted by atomic mass is 10.1. The summed E-state index contributed by atoms with van der Waals surface area (Å²) in [5.41, 5.74) is 1.70. The van der Waals surface area contributed by atoms with Crippen LogP contribution in [0.2, 0.25) is 0 Å². The molecule has 1 unspecified atom stereocenters. The molecule has 4 heteroatoms. The first kappa shape index (κ1) is 11.9. The molecule has 0 aliphatic carbocycles. The molecule has 2 aliphatic rings. The summed E-state index contributed by atoms with van der Waals surface area (Å²) in [6.07, 6.45) is 0. The fourth-order valence-electron chi connectivity index (χ4n) is 2.76. The van der Waals surface area contributed by atoms with Gasteiger partial charge < -0.3 is 9.64 Å². The van der Waals surface area contributed by atoms with Crippen LogP contribution < -0.4 is 4.90 Å². The van der Waals surface area contributed by atoms with Crippen LogP contribution in [0.5, 0.6) is 0 Å². The third-order valence-corrected chi connectivity index (χ3v) is 3.96. The van der Waals surface area contributed by atoms with Gasteiger partial charge in [-0.15, -0.1) is 0 Å². The Morgan fingerprint density at radius 2 is 2.17 bits per heavy atom. The first-order chi connectivity index (χ1) is 8.74. The monoisotopic (exact) mass is 250 g/mol. The molecule has 0 spiro atoms. The molecule has 98 valence electrons. The van der Waals surface area contributed by atoms with E-state index >= 15 is 0 Å². The number of benzene rings is 1. The predicted octanol–water partition coefficient (Wildman–Crippen LogP) is 1.65. The van der Waals surface area contributed by atoms with E-state index in [-0.39, 0.29) is 5.82 Å². The lowest BCUT2D eigenvalue weighted by Gasteiger charge is -2.44. The average molecular weight is 250 g/mol. The Hall–Kier alpha value is -1.13. The van der Waals surface area contributed by atoms with E-state index in [1.54, 1.807) is 13.0 Å². The van der Waals surface area contributed by atoms with Crippen molar-refractivity contribution in [3.8, 4) is 0 Å². The lowest BCUT2D eigenvalue weighted by Crippen LogP contribution is -2.58. The van der Waals surface area contributed by atoms with Crippen LogP contribution in [0.25, 0.3) is 0 Å². The number of hydrogen-bond donors (Lipinski definition) is 0. The summed E-state index contributed by atoms with van der Waals surface area (Å²) in [7, 11) is 0. The maximum absolute atomic E-state index is 13.6. The number of morpholine rings is 1. The molecular formula is C14H19FN2O. The molecule has 3 nitrogen and oxygen atoms in total. The van der Waals surface area contributed by atoms with Gasteiger partial charge in [0.05, 0.1) is 19.3 Å². The summed E-state index contributed by atoms with van der Waals surface area (Å²) in [5.74, 6) is -0.116. The zero-order valence-corrected chi connectivity index (χ0v) is 10.7. The summed E-state index contributed by atoms with van der Waals surface area (Å²) < 4.78 is 19.1. The standard InChI is InChI=1S/C14H19FN2O/c1-11-2-3-12(8-14(11)15)17-5-4-16-6-7-18-10-13(16)9-17/h2-3,8,13H,4-7,9-10H2,1H3. The van der Waals surface area contributed by atoms with Crippen molar-refractivity contribution in [2.75, 3.05) is 44.3 Å². The van der Waals surface area contributed by atoms with Crippen molar-refractivity contribution in [2.45, 2.75) is 13.0 Å². The van der Waals surface area contributed by atoms with Gasteiger partial charge in [0.2, 0.25) is 0 Å². The largest absolute Gasteiger partial charge is 0.378 e. The van der Waals surface area contributed by atoms with Gasteiger partial charge in [0.1, 0.15) is 5.82 Å². The average Bonchev–Trinajstić information content (AvgIpc) is 2.41. The minimum atomic E-state index is -0.116. The second kappa shape index (κ2) is 4.86. The Labute approximate surface area is 107 Å². The number of ether oxygens (including phenoxy) is 1. The van der Waals surface area contributed by atoms with Crippen LogP contribution in [0.15, 0.2) is 18.2 Å². The molecule has 2 saturated heterocycles. The molecule has 1 aromatic carbocycles. The van der Waals surface area contributed by atoms with E-state index in [4.69, 9.17) is 4.74 Å². The molecular weight excluding hydrogens is 231 g/mol. The van der Waals surface area contributed by atoms with Crippen LogP contribution in [0.3, 0.4) is 0 Å². The number of fused-ring (bicyclic) bond motifs is 1. The van der Waals surface area contributed by atoms with Crippen LogP contribution in [0.1, 0.15) is 5.56 Å². The Morgan fingerprint density at radius 3 is 3.00 bits per heavy atom. The lowest BCUT2D eigenvalue weighted by molar-refractivity contribution is -0.0116. The van der Waals surface area contributed by atoms with E-state index in [0.717, 1.165) is 45.1 Å². The summed E-state index contributed by atoms with van der Waals surface area (Å²) in [6.45, 7) is 7.42. The number of hydrogen-bond acceptors (Lipinski definition) is 3. The zero-order valence-electron chi connectivity index (χ0n) is 10.7. The van der Waals surface area contributed by atoms with Gasteiger partial charge >= 0.3 is 0 Å². The molecule has 0 amide bonds. The number of nitrogens with zero attached hydrogens (tertiary/aromatic N) is 2. The number of rotatable bonds is 1. The van der Waals surface area contributed by atoms with E-state index < -0.39 is 0 Å². The maximum atomic E-state index is 13.6. The van der Waals surface area contributed by atoms with Crippen LogP contribution in [-0.4, -0.2) is 50.3 Å². The Bertz CT molecular complexity index is 438. The smallest absolute Gasteiger partial charge is 0.128 e. The van der Waals surface area contributed by atoms with Gasteiger partial charge in [0, 0.05) is 31.9 Å². The predicted molar refractivity (Wildman–Crippen MR) is 69.5 cm³/mol. The van der Waals surface area contributed by atoms with Crippen molar-refractivity contribution in [3.05, 3.63) is 29.6 Å². The Kier molecular flexibility index (Phi) is 3.22. The zero-order chi connectivity index (χ0) is 12.5. The summed E-state index contributed by atoms with van der Waals surface area (Å²) in [5, 5.41) is 0. The summed E-state index contributed by atoms with van der Waals surface area (Å²) in [6, 6.07) is 5.97. The normalized spacial score (nSPS) is 25.0. The Morgan fingerprint density at radius 1 is 1.28 bits per heavy atom. The van der Waals surface area contributed by atoms with Gasteiger partial charge in [-0.3, -0.25) is 4.90 Å². The summed E-state index contributed by atoms with van der Waals surface area (Å²) >= 11 is 0. The molecule has 1 atom stereocenters. The molecule has 1 aromatic rings. The molecule has 3 rings (SSSR count). The van der Waals surface area contributed by atoms with Gasteiger partial charge in [0.25, 0.3) is 0 Å². The molecule has 2 aliphatic heterocycles. The van der Waals surface area contributed by atoms with Crippen LogP contribution in [-0.2, 0) is 4.74 Å². The van der Waals surface area contributed by atoms with E-state index in [0.29, 0.717) is 11.6 Å². The molecule has 0 aromatic heterocycles. The fourth-order valence-corrected chi connectivity index (χ4v) is 2.76. The minimum Gasteiger partial charge on any atom is -0.378 e. The van der Waals surface area contributed by atoms with Crippen molar-refractivity contribution in [2.24, 2.45) is 0 Å². The van der Waals surface area contributed by atoms with Crippen LogP contribution in [0, 0.1) is 12.7 Å². The van der Waals surface area contributed by atoms with E-state index in [2.05, 4.69) is 9.80 Å². The topological polar surface area (TPSA) is 15.7 Å². The number of aryl methyl sites for hydroxylation is 1. The summed E-state index contributed by atoms with van der Waals surface area (Å²) in [4.78, 5) is 4.74. The van der Waals surface area contributed by atoms with Crippen molar-refractivity contribution >= 4 is 5.69 Å². The highest BCUT2D eigenvalue weighted by molar-refractivity contribution is 5.48. The van der Waals surface area contributed by atoms with Gasteiger partial charge in [0.15, 0.2) is 0 Å². The number of halogens is 1. The minimum absolute atomic E-state index is 0.116.